The minimum absolute atomic E-state index is 0.0270. The Hall–Kier alpha value is -1.36. The van der Waals surface area contributed by atoms with Crippen molar-refractivity contribution < 1.29 is 4.79 Å². The summed E-state index contributed by atoms with van der Waals surface area (Å²) in [6.45, 7) is 2.83. The SMILES string of the molecule is CCC(CCN)CCC(=O)Nc1ccn(C)n1. The summed E-state index contributed by atoms with van der Waals surface area (Å²) in [6, 6.07) is 1.79. The second-order valence-electron chi connectivity index (χ2n) is 4.31. The fourth-order valence-electron chi connectivity index (χ4n) is 1.81. The fraction of sp³-hybridized carbons (Fsp3) is 0.667. The minimum Gasteiger partial charge on any atom is -0.330 e. The largest absolute Gasteiger partial charge is 0.330 e. The maximum absolute atomic E-state index is 11.7. The van der Waals surface area contributed by atoms with Gasteiger partial charge >= 0.3 is 0 Å². The van der Waals surface area contributed by atoms with Crippen LogP contribution in [0.25, 0.3) is 0 Å². The summed E-state index contributed by atoms with van der Waals surface area (Å²) in [5.74, 6) is 1.19. The quantitative estimate of drug-likeness (QED) is 0.756. The van der Waals surface area contributed by atoms with Crippen LogP contribution in [0.5, 0.6) is 0 Å². The lowest BCUT2D eigenvalue weighted by molar-refractivity contribution is -0.116. The number of carbonyl (C=O) groups is 1. The van der Waals surface area contributed by atoms with Gasteiger partial charge in [0.1, 0.15) is 0 Å². The molecule has 0 saturated heterocycles. The number of nitrogens with two attached hydrogens (primary N) is 1. The van der Waals surface area contributed by atoms with Crippen LogP contribution < -0.4 is 11.1 Å². The van der Waals surface area contributed by atoms with Gasteiger partial charge in [-0.3, -0.25) is 9.48 Å². The van der Waals surface area contributed by atoms with Crippen molar-refractivity contribution >= 4 is 11.7 Å². The number of rotatable bonds is 7. The highest BCUT2D eigenvalue weighted by molar-refractivity contribution is 5.89. The molecule has 0 bridgehead atoms. The van der Waals surface area contributed by atoms with Crippen LogP contribution in [0.1, 0.15) is 32.6 Å². The van der Waals surface area contributed by atoms with E-state index in [-0.39, 0.29) is 5.91 Å². The number of aromatic nitrogens is 2. The number of hydrogen-bond acceptors (Lipinski definition) is 3. The average molecular weight is 238 g/mol. The molecule has 1 heterocycles. The highest BCUT2D eigenvalue weighted by Gasteiger charge is 2.09. The molecule has 3 N–H and O–H groups in total. The van der Waals surface area contributed by atoms with Gasteiger partial charge in [0.15, 0.2) is 5.82 Å². The van der Waals surface area contributed by atoms with E-state index in [2.05, 4.69) is 17.3 Å². The summed E-state index contributed by atoms with van der Waals surface area (Å²) in [6.07, 6.45) is 5.31. The molecule has 1 atom stereocenters. The molecule has 1 amide bonds. The number of aryl methyl sites for hydroxylation is 1. The van der Waals surface area contributed by atoms with Gasteiger partial charge in [-0.1, -0.05) is 13.3 Å². The first-order valence-electron chi connectivity index (χ1n) is 6.15. The molecular weight excluding hydrogens is 216 g/mol. The molecule has 5 heteroatoms. The summed E-state index contributed by atoms with van der Waals surface area (Å²) < 4.78 is 1.67. The predicted octanol–water partition coefficient (Wildman–Crippen LogP) is 1.51. The van der Waals surface area contributed by atoms with E-state index in [0.717, 1.165) is 19.3 Å². The summed E-state index contributed by atoms with van der Waals surface area (Å²) in [5.41, 5.74) is 5.52. The number of hydrogen-bond donors (Lipinski definition) is 2. The Morgan fingerprint density at radius 2 is 2.35 bits per heavy atom. The Balaban J connectivity index is 2.29. The first-order valence-corrected chi connectivity index (χ1v) is 6.15. The van der Waals surface area contributed by atoms with Crippen LogP contribution >= 0.6 is 0 Å². The molecule has 0 aromatic carbocycles. The number of carbonyl (C=O) groups excluding carboxylic acids is 1. The zero-order valence-electron chi connectivity index (χ0n) is 10.6. The first kappa shape index (κ1) is 13.7. The second-order valence-corrected chi connectivity index (χ2v) is 4.31. The molecule has 0 radical (unpaired) electrons. The maximum Gasteiger partial charge on any atom is 0.225 e. The number of amides is 1. The Morgan fingerprint density at radius 3 is 2.88 bits per heavy atom. The van der Waals surface area contributed by atoms with Crippen LogP contribution in [-0.2, 0) is 11.8 Å². The molecule has 96 valence electrons. The van der Waals surface area contributed by atoms with E-state index in [1.165, 1.54) is 0 Å². The van der Waals surface area contributed by atoms with Crippen LogP contribution in [0.4, 0.5) is 5.82 Å². The third-order valence-corrected chi connectivity index (χ3v) is 2.91. The standard InChI is InChI=1S/C12H22N4O/c1-3-10(6-8-13)4-5-12(17)14-11-7-9-16(2)15-11/h7,9-10H,3-6,8,13H2,1-2H3,(H,14,15,17). The van der Waals surface area contributed by atoms with Crippen LogP contribution in [0.15, 0.2) is 12.3 Å². The van der Waals surface area contributed by atoms with Crippen molar-refractivity contribution in [1.29, 1.82) is 0 Å². The zero-order chi connectivity index (χ0) is 12.7. The van der Waals surface area contributed by atoms with Gasteiger partial charge in [-0.05, 0) is 25.3 Å². The molecule has 5 nitrogen and oxygen atoms in total. The number of nitrogens with zero attached hydrogens (tertiary/aromatic N) is 2. The van der Waals surface area contributed by atoms with Crippen molar-refractivity contribution in [2.75, 3.05) is 11.9 Å². The van der Waals surface area contributed by atoms with E-state index < -0.39 is 0 Å². The molecule has 0 aliphatic heterocycles. The van der Waals surface area contributed by atoms with E-state index in [1.54, 1.807) is 16.9 Å². The maximum atomic E-state index is 11.7. The van der Waals surface area contributed by atoms with Gasteiger partial charge in [0.05, 0.1) is 0 Å². The lowest BCUT2D eigenvalue weighted by atomic mass is 9.96. The Kier molecular flexibility index (Phi) is 5.69. The van der Waals surface area contributed by atoms with Crippen LogP contribution in [-0.4, -0.2) is 22.2 Å². The summed E-state index contributed by atoms with van der Waals surface area (Å²) >= 11 is 0. The van der Waals surface area contributed by atoms with Gasteiger partial charge in [0.25, 0.3) is 0 Å². The van der Waals surface area contributed by atoms with E-state index >= 15 is 0 Å². The third-order valence-electron chi connectivity index (χ3n) is 2.91. The fourth-order valence-corrected chi connectivity index (χ4v) is 1.81. The van der Waals surface area contributed by atoms with E-state index in [9.17, 15) is 4.79 Å². The van der Waals surface area contributed by atoms with Gasteiger partial charge in [-0.25, -0.2) is 0 Å². The monoisotopic (exact) mass is 238 g/mol. The predicted molar refractivity (Wildman–Crippen MR) is 68.5 cm³/mol. The van der Waals surface area contributed by atoms with E-state index in [0.29, 0.717) is 24.7 Å². The van der Waals surface area contributed by atoms with Crippen molar-refractivity contribution in [1.82, 2.24) is 9.78 Å². The zero-order valence-corrected chi connectivity index (χ0v) is 10.6. The van der Waals surface area contributed by atoms with Crippen molar-refractivity contribution in [2.45, 2.75) is 32.6 Å². The van der Waals surface area contributed by atoms with Crippen LogP contribution in [0, 0.1) is 5.92 Å². The lowest BCUT2D eigenvalue weighted by Crippen LogP contribution is -2.15. The van der Waals surface area contributed by atoms with E-state index in [1.807, 2.05) is 7.05 Å². The van der Waals surface area contributed by atoms with Gasteiger partial charge in [-0.15, -0.1) is 0 Å². The molecule has 17 heavy (non-hydrogen) atoms. The lowest BCUT2D eigenvalue weighted by Gasteiger charge is -2.12. The third kappa shape index (κ3) is 4.99. The Labute approximate surface area is 102 Å². The van der Waals surface area contributed by atoms with Gasteiger partial charge in [0.2, 0.25) is 5.91 Å². The summed E-state index contributed by atoms with van der Waals surface area (Å²) in [7, 11) is 1.82. The molecule has 1 unspecified atom stereocenters. The smallest absolute Gasteiger partial charge is 0.225 e. The van der Waals surface area contributed by atoms with Crippen LogP contribution in [0.3, 0.4) is 0 Å². The summed E-state index contributed by atoms with van der Waals surface area (Å²) in [4.78, 5) is 11.7. The molecule has 1 aromatic rings. The number of nitrogens with one attached hydrogen (secondary N) is 1. The molecule has 0 aliphatic rings. The highest BCUT2D eigenvalue weighted by Crippen LogP contribution is 2.15. The van der Waals surface area contributed by atoms with Gasteiger partial charge in [-0.2, -0.15) is 5.10 Å². The minimum atomic E-state index is 0.0270. The molecule has 0 spiro atoms. The molecule has 1 aromatic heterocycles. The Bertz CT molecular complexity index is 348. The Morgan fingerprint density at radius 1 is 1.59 bits per heavy atom. The topological polar surface area (TPSA) is 72.9 Å². The van der Waals surface area contributed by atoms with Crippen molar-refractivity contribution in [3.8, 4) is 0 Å². The first-order chi connectivity index (χ1) is 8.15. The van der Waals surface area contributed by atoms with E-state index in [4.69, 9.17) is 5.73 Å². The molecular formula is C12H22N4O. The normalized spacial score (nSPS) is 12.4. The van der Waals surface area contributed by atoms with Crippen LogP contribution in [0.2, 0.25) is 0 Å². The number of anilines is 1. The van der Waals surface area contributed by atoms with Crippen molar-refractivity contribution in [3.05, 3.63) is 12.3 Å². The molecule has 0 fully saturated rings. The average Bonchev–Trinajstić information content (AvgIpc) is 2.70. The van der Waals surface area contributed by atoms with Crippen molar-refractivity contribution in [2.24, 2.45) is 18.7 Å². The molecule has 0 saturated carbocycles. The second kappa shape index (κ2) is 7.06. The van der Waals surface area contributed by atoms with Gasteiger partial charge < -0.3 is 11.1 Å². The van der Waals surface area contributed by atoms with Crippen molar-refractivity contribution in [3.63, 3.8) is 0 Å². The van der Waals surface area contributed by atoms with Gasteiger partial charge in [0, 0.05) is 25.7 Å². The summed E-state index contributed by atoms with van der Waals surface area (Å²) in [5, 5.41) is 6.88. The molecule has 0 aliphatic carbocycles. The molecule has 1 rings (SSSR count). The highest BCUT2D eigenvalue weighted by atomic mass is 16.1.